The van der Waals surface area contributed by atoms with Crippen molar-refractivity contribution >= 4 is 23.1 Å². The number of benzene rings is 2. The number of hydrogen-bond donors (Lipinski definition) is 1. The Labute approximate surface area is 183 Å². The van der Waals surface area contributed by atoms with Gasteiger partial charge in [0.2, 0.25) is 0 Å². The van der Waals surface area contributed by atoms with Crippen LogP contribution in [0.5, 0.6) is 0 Å². The lowest BCUT2D eigenvalue weighted by molar-refractivity contribution is 0.102. The van der Waals surface area contributed by atoms with Crippen LogP contribution in [0.1, 0.15) is 40.5 Å². The van der Waals surface area contributed by atoms with Crippen LogP contribution >= 0.6 is 0 Å². The molecule has 1 saturated heterocycles. The van der Waals surface area contributed by atoms with Crippen molar-refractivity contribution in [1.82, 2.24) is 14.6 Å². The third-order valence-electron chi connectivity index (χ3n) is 5.61. The number of carbonyl (C=O) groups excluding carboxylic acids is 1. The molecule has 0 unspecified atom stereocenters. The van der Waals surface area contributed by atoms with E-state index in [1.807, 2.05) is 18.2 Å². The van der Waals surface area contributed by atoms with Gasteiger partial charge in [0.15, 0.2) is 11.3 Å². The summed E-state index contributed by atoms with van der Waals surface area (Å²) in [6.45, 7) is 0.789. The number of nitrogens with one attached hydrogen (secondary N) is 1. The first kappa shape index (κ1) is 19.7. The largest absolute Gasteiger partial charge is 0.348 e. The fourth-order valence-corrected chi connectivity index (χ4v) is 4.13. The summed E-state index contributed by atoms with van der Waals surface area (Å²) in [5.41, 5.74) is 2.71. The summed E-state index contributed by atoms with van der Waals surface area (Å²) in [5.74, 6) is 0.0647. The summed E-state index contributed by atoms with van der Waals surface area (Å²) in [4.78, 5) is 19.3. The molecule has 0 spiro atoms. The van der Waals surface area contributed by atoms with E-state index in [0.717, 1.165) is 24.9 Å². The summed E-state index contributed by atoms with van der Waals surface area (Å²) < 4.78 is 15.3. The van der Waals surface area contributed by atoms with Crippen molar-refractivity contribution < 1.29 is 9.18 Å². The monoisotopic (exact) mass is 426 g/mol. The Morgan fingerprint density at radius 3 is 2.88 bits per heavy atom. The molecule has 2 aromatic carbocycles. The molecule has 1 N–H and O–H groups in total. The topological polar surface area (TPSA) is 86.3 Å². The number of rotatable bonds is 4. The smallest absolute Gasteiger partial charge is 0.276 e. The van der Waals surface area contributed by atoms with Crippen LogP contribution in [0.4, 0.5) is 15.9 Å². The van der Waals surface area contributed by atoms with Gasteiger partial charge in [-0.2, -0.15) is 5.26 Å². The second-order valence-corrected chi connectivity index (χ2v) is 7.66. The van der Waals surface area contributed by atoms with Gasteiger partial charge in [-0.1, -0.05) is 18.2 Å². The molecule has 7 nitrogen and oxygen atoms in total. The van der Waals surface area contributed by atoms with Crippen LogP contribution in [-0.2, 0) is 0 Å². The molecule has 0 aliphatic carbocycles. The van der Waals surface area contributed by atoms with E-state index in [0.29, 0.717) is 22.7 Å². The second kappa shape index (κ2) is 8.12. The molecule has 1 fully saturated rings. The van der Waals surface area contributed by atoms with Crippen molar-refractivity contribution in [3.8, 4) is 6.07 Å². The number of halogens is 1. The van der Waals surface area contributed by atoms with E-state index in [1.165, 1.54) is 16.8 Å². The SMILES string of the molecule is N#Cc1cccc(NC(=O)c2cnc3ccc(N4CCC[C@@H]4c4cccc(F)c4)nn23)c1. The lowest BCUT2D eigenvalue weighted by Gasteiger charge is -2.26. The maximum atomic E-state index is 13.8. The Morgan fingerprint density at radius 1 is 1.16 bits per heavy atom. The molecule has 1 aliphatic heterocycles. The van der Waals surface area contributed by atoms with Crippen LogP contribution in [0.15, 0.2) is 66.9 Å². The van der Waals surface area contributed by atoms with E-state index < -0.39 is 0 Å². The van der Waals surface area contributed by atoms with E-state index in [4.69, 9.17) is 5.26 Å². The van der Waals surface area contributed by atoms with Crippen LogP contribution in [0.25, 0.3) is 5.65 Å². The van der Waals surface area contributed by atoms with Crippen molar-refractivity contribution in [1.29, 1.82) is 5.26 Å². The predicted octanol–water partition coefficient (Wildman–Crippen LogP) is 4.33. The Kier molecular flexibility index (Phi) is 5.00. The number of hydrogen-bond acceptors (Lipinski definition) is 5. The third kappa shape index (κ3) is 3.65. The molecular formula is C24H19FN6O. The van der Waals surface area contributed by atoms with Gasteiger partial charge in [-0.15, -0.1) is 5.10 Å². The first-order valence-electron chi connectivity index (χ1n) is 10.3. The van der Waals surface area contributed by atoms with E-state index in [2.05, 4.69) is 26.4 Å². The van der Waals surface area contributed by atoms with Gasteiger partial charge in [-0.05, 0) is 60.9 Å². The molecule has 4 aromatic rings. The molecule has 2 aromatic heterocycles. The van der Waals surface area contributed by atoms with Crippen molar-refractivity contribution in [3.63, 3.8) is 0 Å². The average molecular weight is 426 g/mol. The van der Waals surface area contributed by atoms with Crippen molar-refractivity contribution in [2.24, 2.45) is 0 Å². The summed E-state index contributed by atoms with van der Waals surface area (Å²) in [6, 6.07) is 19.1. The Hall–Kier alpha value is -4.25. The summed E-state index contributed by atoms with van der Waals surface area (Å²) in [7, 11) is 0. The number of nitriles is 1. The molecule has 8 heteroatoms. The second-order valence-electron chi connectivity index (χ2n) is 7.66. The molecule has 158 valence electrons. The first-order valence-corrected chi connectivity index (χ1v) is 10.3. The normalized spacial score (nSPS) is 15.6. The Morgan fingerprint density at radius 2 is 2.03 bits per heavy atom. The number of imidazole rings is 1. The van der Waals surface area contributed by atoms with Crippen LogP contribution in [0, 0.1) is 17.1 Å². The van der Waals surface area contributed by atoms with E-state index in [9.17, 15) is 9.18 Å². The van der Waals surface area contributed by atoms with E-state index in [-0.39, 0.29) is 23.5 Å². The Balaban J connectivity index is 1.46. The van der Waals surface area contributed by atoms with E-state index in [1.54, 1.807) is 36.4 Å². The number of aromatic nitrogens is 3. The average Bonchev–Trinajstić information content (AvgIpc) is 3.46. The minimum Gasteiger partial charge on any atom is -0.348 e. The number of carbonyl (C=O) groups is 1. The van der Waals surface area contributed by atoms with Crippen molar-refractivity contribution in [2.75, 3.05) is 16.8 Å². The zero-order chi connectivity index (χ0) is 22.1. The standard InChI is InChI=1S/C24H19FN6O/c25-18-6-2-5-17(13-18)20-8-3-11-30(20)23-10-9-22-27-15-21(31(22)29-23)24(32)28-19-7-1-4-16(12-19)14-26/h1-2,4-7,9-10,12-13,15,20H,3,8,11H2,(H,28,32)/t20-/m1/s1. The molecule has 1 atom stereocenters. The molecule has 0 saturated carbocycles. The van der Waals surface area contributed by atoms with Gasteiger partial charge in [0, 0.05) is 12.2 Å². The van der Waals surface area contributed by atoms with Crippen LogP contribution in [0.2, 0.25) is 0 Å². The van der Waals surface area contributed by atoms with Gasteiger partial charge in [0.1, 0.15) is 11.6 Å². The molecular weight excluding hydrogens is 407 g/mol. The van der Waals surface area contributed by atoms with Gasteiger partial charge in [0.25, 0.3) is 5.91 Å². The third-order valence-corrected chi connectivity index (χ3v) is 5.61. The quantitative estimate of drug-likeness (QED) is 0.525. The van der Waals surface area contributed by atoms with Crippen molar-refractivity contribution in [2.45, 2.75) is 18.9 Å². The highest BCUT2D eigenvalue weighted by Crippen LogP contribution is 2.35. The highest BCUT2D eigenvalue weighted by atomic mass is 19.1. The van der Waals surface area contributed by atoms with Gasteiger partial charge >= 0.3 is 0 Å². The molecule has 1 aliphatic rings. The number of amides is 1. The van der Waals surface area contributed by atoms with Gasteiger partial charge in [0.05, 0.1) is 23.9 Å². The van der Waals surface area contributed by atoms with Crippen molar-refractivity contribution in [3.05, 3.63) is 89.5 Å². The van der Waals surface area contributed by atoms with E-state index >= 15 is 0 Å². The minimum atomic E-state index is -0.375. The predicted molar refractivity (Wildman–Crippen MR) is 118 cm³/mol. The van der Waals surface area contributed by atoms with Crippen LogP contribution in [0.3, 0.4) is 0 Å². The number of nitrogens with zero attached hydrogens (tertiary/aromatic N) is 5. The summed E-state index contributed by atoms with van der Waals surface area (Å²) in [6.07, 6.45) is 3.34. The Bertz CT molecular complexity index is 1360. The highest BCUT2D eigenvalue weighted by molar-refractivity contribution is 6.03. The fraction of sp³-hybridized carbons (Fsp3) is 0.167. The van der Waals surface area contributed by atoms with Gasteiger partial charge in [-0.25, -0.2) is 13.9 Å². The maximum absolute atomic E-state index is 13.8. The maximum Gasteiger partial charge on any atom is 0.276 e. The van der Waals surface area contributed by atoms with Gasteiger partial charge in [-0.3, -0.25) is 4.79 Å². The summed E-state index contributed by atoms with van der Waals surface area (Å²) in [5, 5.41) is 16.5. The molecule has 32 heavy (non-hydrogen) atoms. The van der Waals surface area contributed by atoms with Gasteiger partial charge < -0.3 is 10.2 Å². The molecule has 1 amide bonds. The number of anilines is 2. The zero-order valence-corrected chi connectivity index (χ0v) is 17.1. The van der Waals surface area contributed by atoms with Crippen LogP contribution in [-0.4, -0.2) is 27.0 Å². The highest BCUT2D eigenvalue weighted by Gasteiger charge is 2.28. The molecule has 0 bridgehead atoms. The summed E-state index contributed by atoms with van der Waals surface area (Å²) >= 11 is 0. The number of fused-ring (bicyclic) bond motifs is 1. The lowest BCUT2D eigenvalue weighted by atomic mass is 10.0. The lowest BCUT2D eigenvalue weighted by Crippen LogP contribution is -2.25. The zero-order valence-electron chi connectivity index (χ0n) is 17.1. The molecule has 0 radical (unpaired) electrons. The first-order chi connectivity index (χ1) is 15.6. The van der Waals surface area contributed by atoms with Crippen LogP contribution < -0.4 is 10.2 Å². The fourth-order valence-electron chi connectivity index (χ4n) is 4.13. The molecule has 3 heterocycles. The minimum absolute atomic E-state index is 0.0187. The molecule has 5 rings (SSSR count).